The Labute approximate surface area is 156 Å². The molecular formula is C20H23NO4S. The summed E-state index contributed by atoms with van der Waals surface area (Å²) in [6, 6.07) is 10.6. The number of carbonyl (C=O) groups excluding carboxylic acids is 2. The summed E-state index contributed by atoms with van der Waals surface area (Å²) in [4.78, 5) is 25.5. The monoisotopic (exact) mass is 373 g/mol. The Morgan fingerprint density at radius 2 is 1.92 bits per heavy atom. The van der Waals surface area contributed by atoms with Crippen LogP contribution in [0.5, 0.6) is 0 Å². The van der Waals surface area contributed by atoms with Crippen LogP contribution in [0.4, 0.5) is 0 Å². The molecule has 2 unspecified atom stereocenters. The van der Waals surface area contributed by atoms with Crippen molar-refractivity contribution in [1.82, 2.24) is 4.57 Å². The van der Waals surface area contributed by atoms with Crippen LogP contribution in [0, 0.1) is 5.92 Å². The first-order valence-corrected chi connectivity index (χ1v) is 10.0. The highest BCUT2D eigenvalue weighted by Crippen LogP contribution is 2.32. The molecule has 2 atom stereocenters. The van der Waals surface area contributed by atoms with E-state index in [2.05, 4.69) is 0 Å². The number of esters is 1. The van der Waals surface area contributed by atoms with Gasteiger partial charge in [-0.25, -0.2) is 0 Å². The molecule has 3 rings (SSSR count). The van der Waals surface area contributed by atoms with E-state index in [1.54, 1.807) is 30.3 Å². The average molecular weight is 373 g/mol. The van der Waals surface area contributed by atoms with Crippen LogP contribution in [0.15, 0.2) is 41.3 Å². The van der Waals surface area contributed by atoms with Gasteiger partial charge in [-0.1, -0.05) is 13.8 Å². The zero-order chi connectivity index (χ0) is 18.8. The van der Waals surface area contributed by atoms with E-state index in [0.717, 1.165) is 10.6 Å². The number of ether oxygens (including phenoxy) is 1. The number of hydrogen-bond acceptors (Lipinski definition) is 4. The molecule has 1 aliphatic rings. The van der Waals surface area contributed by atoms with Gasteiger partial charge in [0, 0.05) is 17.8 Å². The van der Waals surface area contributed by atoms with E-state index in [-0.39, 0.29) is 17.7 Å². The van der Waals surface area contributed by atoms with Gasteiger partial charge in [-0.3, -0.25) is 9.59 Å². The molecule has 0 fully saturated rings. The van der Waals surface area contributed by atoms with Crippen LogP contribution in [0.2, 0.25) is 0 Å². The lowest BCUT2D eigenvalue weighted by atomic mass is 10.1. The first-order valence-electron chi connectivity index (χ1n) is 8.72. The topological polar surface area (TPSA) is 71.4 Å². The van der Waals surface area contributed by atoms with Gasteiger partial charge in [0.15, 0.2) is 4.90 Å². The number of carbonyl (C=O) groups is 2. The number of fused-ring (bicyclic) bond motifs is 1. The van der Waals surface area contributed by atoms with E-state index in [1.165, 1.54) is 7.11 Å². The molecule has 5 nitrogen and oxygen atoms in total. The summed E-state index contributed by atoms with van der Waals surface area (Å²) >= 11 is -1.05. The highest BCUT2D eigenvalue weighted by molar-refractivity contribution is 7.91. The lowest BCUT2D eigenvalue weighted by molar-refractivity contribution is -0.142. The van der Waals surface area contributed by atoms with Gasteiger partial charge in [-0.05, 0) is 59.9 Å². The van der Waals surface area contributed by atoms with Crippen LogP contribution in [-0.4, -0.2) is 33.7 Å². The minimum atomic E-state index is -1.05. The van der Waals surface area contributed by atoms with E-state index >= 15 is 0 Å². The van der Waals surface area contributed by atoms with E-state index < -0.39 is 11.2 Å². The van der Waals surface area contributed by atoms with E-state index in [4.69, 9.17) is 4.74 Å². The summed E-state index contributed by atoms with van der Waals surface area (Å²) in [5.74, 6) is 0.292. The second-order valence-electron chi connectivity index (χ2n) is 6.92. The van der Waals surface area contributed by atoms with Crippen molar-refractivity contribution in [2.75, 3.05) is 12.9 Å². The normalized spacial score (nSPS) is 17.2. The fourth-order valence-corrected chi connectivity index (χ4v) is 4.56. The van der Waals surface area contributed by atoms with Crippen molar-refractivity contribution in [2.45, 2.75) is 37.6 Å². The highest BCUT2D eigenvalue weighted by Gasteiger charge is 2.32. The predicted octanol–water partition coefficient (Wildman–Crippen LogP) is 3.14. The second kappa shape index (κ2) is 7.68. The lowest BCUT2D eigenvalue weighted by Crippen LogP contribution is -2.13. The van der Waals surface area contributed by atoms with Crippen molar-refractivity contribution in [3.05, 3.63) is 53.3 Å². The lowest BCUT2D eigenvalue weighted by Gasteiger charge is -2.12. The number of benzene rings is 1. The summed E-state index contributed by atoms with van der Waals surface area (Å²) < 4.78 is 19.0. The van der Waals surface area contributed by atoms with E-state index in [9.17, 15) is 14.1 Å². The van der Waals surface area contributed by atoms with Crippen molar-refractivity contribution in [2.24, 2.45) is 5.92 Å². The fourth-order valence-electron chi connectivity index (χ4n) is 3.33. The van der Waals surface area contributed by atoms with Crippen molar-refractivity contribution < 1.29 is 18.9 Å². The van der Waals surface area contributed by atoms with Crippen molar-refractivity contribution >= 4 is 22.9 Å². The minimum absolute atomic E-state index is 0.0945. The molecule has 1 aliphatic heterocycles. The zero-order valence-corrected chi connectivity index (χ0v) is 16.0. The fraction of sp³-hybridized carbons (Fsp3) is 0.400. The highest BCUT2D eigenvalue weighted by atomic mass is 32.2. The molecule has 26 heavy (non-hydrogen) atoms. The average Bonchev–Trinajstić information content (AvgIpc) is 3.22. The Balaban J connectivity index is 1.80. The summed E-state index contributed by atoms with van der Waals surface area (Å²) in [7, 11) is 1.38. The molecule has 0 amide bonds. The molecule has 138 valence electrons. The maximum atomic E-state index is 12.9. The van der Waals surface area contributed by atoms with Gasteiger partial charge in [0.2, 0.25) is 5.78 Å². The van der Waals surface area contributed by atoms with Crippen LogP contribution < -0.4 is 0 Å². The molecule has 0 radical (unpaired) electrons. The Kier molecular flexibility index (Phi) is 5.53. The van der Waals surface area contributed by atoms with Crippen LogP contribution in [0.3, 0.4) is 0 Å². The first kappa shape index (κ1) is 18.7. The molecule has 2 aromatic rings. The standard InChI is InChI=1S/C20H23NO4S/c1-13(2)12-26(24)15-6-4-14(5-7-15)19(22)18-9-8-17-16(20(23)25-3)10-11-21(17)18/h4-9,13,16H,10-12H2,1-3H3. The van der Waals surface area contributed by atoms with Gasteiger partial charge in [-0.2, -0.15) is 0 Å². The molecule has 0 bridgehead atoms. The SMILES string of the molecule is COC(=O)C1CCn2c(C(=O)c3ccc([S+]([O-])CC(C)C)cc3)ccc21. The van der Waals surface area contributed by atoms with Gasteiger partial charge in [0.1, 0.15) is 5.75 Å². The van der Waals surface area contributed by atoms with Gasteiger partial charge in [0.25, 0.3) is 0 Å². The second-order valence-corrected chi connectivity index (χ2v) is 8.41. The van der Waals surface area contributed by atoms with Gasteiger partial charge in [0.05, 0.1) is 18.7 Å². The third-order valence-electron chi connectivity index (χ3n) is 4.60. The third-order valence-corrected chi connectivity index (χ3v) is 6.36. The molecule has 0 N–H and O–H groups in total. The van der Waals surface area contributed by atoms with Crippen LogP contribution >= 0.6 is 0 Å². The molecule has 0 aliphatic carbocycles. The quantitative estimate of drug-likeness (QED) is 0.443. The zero-order valence-electron chi connectivity index (χ0n) is 15.2. The summed E-state index contributed by atoms with van der Waals surface area (Å²) in [6.07, 6.45) is 0.649. The maximum absolute atomic E-state index is 12.9. The molecule has 0 spiro atoms. The third kappa shape index (κ3) is 3.57. The summed E-state index contributed by atoms with van der Waals surface area (Å²) in [5, 5.41) is 0. The number of rotatable bonds is 6. The minimum Gasteiger partial charge on any atom is -0.611 e. The Morgan fingerprint density at radius 1 is 1.23 bits per heavy atom. The smallest absolute Gasteiger partial charge is 0.314 e. The largest absolute Gasteiger partial charge is 0.611 e. The molecule has 2 heterocycles. The number of nitrogens with zero attached hydrogens (tertiary/aromatic N) is 1. The number of methoxy groups -OCH3 is 1. The van der Waals surface area contributed by atoms with Gasteiger partial charge >= 0.3 is 5.97 Å². The van der Waals surface area contributed by atoms with Crippen molar-refractivity contribution in [1.29, 1.82) is 0 Å². The Morgan fingerprint density at radius 3 is 2.54 bits per heavy atom. The van der Waals surface area contributed by atoms with Crippen molar-refractivity contribution in [3.63, 3.8) is 0 Å². The van der Waals surface area contributed by atoms with E-state index in [0.29, 0.717) is 35.9 Å². The van der Waals surface area contributed by atoms with Gasteiger partial charge < -0.3 is 13.9 Å². The predicted molar refractivity (Wildman–Crippen MR) is 99.8 cm³/mol. The van der Waals surface area contributed by atoms with Crippen LogP contribution in [0.25, 0.3) is 0 Å². The summed E-state index contributed by atoms with van der Waals surface area (Å²) in [5.41, 5.74) is 1.95. The molecule has 1 aromatic heterocycles. The molecular weight excluding hydrogens is 350 g/mol. The molecule has 0 saturated carbocycles. The van der Waals surface area contributed by atoms with Crippen LogP contribution in [0.1, 0.15) is 47.9 Å². The number of aromatic nitrogens is 1. The van der Waals surface area contributed by atoms with Crippen LogP contribution in [-0.2, 0) is 27.3 Å². The van der Waals surface area contributed by atoms with E-state index in [1.807, 2.05) is 24.5 Å². The van der Waals surface area contributed by atoms with Gasteiger partial charge in [-0.15, -0.1) is 0 Å². The number of hydrogen-bond donors (Lipinski definition) is 0. The first-order chi connectivity index (χ1) is 12.4. The molecule has 6 heteroatoms. The molecule has 1 aromatic carbocycles. The molecule has 0 saturated heterocycles. The number of ketones is 1. The maximum Gasteiger partial charge on any atom is 0.314 e. The van der Waals surface area contributed by atoms with Crippen molar-refractivity contribution in [3.8, 4) is 0 Å². The Hall–Kier alpha value is -2.05. The Bertz CT molecular complexity index is 810. The summed E-state index contributed by atoms with van der Waals surface area (Å²) in [6.45, 7) is 4.69.